The van der Waals surface area contributed by atoms with E-state index in [4.69, 9.17) is 9.47 Å². The molecular formula is C26H33NO5. The first kappa shape index (κ1) is 25.1. The van der Waals surface area contributed by atoms with Gasteiger partial charge in [-0.15, -0.1) is 0 Å². The first-order valence-electron chi connectivity index (χ1n) is 11.1. The van der Waals surface area contributed by atoms with Crippen LogP contribution < -0.4 is 9.47 Å². The summed E-state index contributed by atoms with van der Waals surface area (Å²) < 4.78 is 10.4. The molecule has 0 aliphatic rings. The highest BCUT2D eigenvalue weighted by Gasteiger charge is 2.23. The second kappa shape index (κ2) is 12.6. The Bertz CT molecular complexity index is 930. The normalized spacial score (nSPS) is 10.5. The number of unbranched alkanes of at least 4 members (excludes halogenated alkanes) is 2. The molecule has 6 heteroatoms. The van der Waals surface area contributed by atoms with Gasteiger partial charge in [0.15, 0.2) is 23.1 Å². The van der Waals surface area contributed by atoms with E-state index in [1.54, 1.807) is 42.5 Å². The van der Waals surface area contributed by atoms with Crippen LogP contribution in [0.5, 0.6) is 11.5 Å². The SMILES string of the molecule is CCCCN(CCCC)C(=O)c1ccccc1C(=O)CC(=O)c1ccc(OC)c(OC)c1. The molecule has 0 atom stereocenters. The van der Waals surface area contributed by atoms with Gasteiger partial charge in [0.05, 0.1) is 26.2 Å². The molecular weight excluding hydrogens is 406 g/mol. The minimum Gasteiger partial charge on any atom is -0.493 e. The maximum atomic E-state index is 13.3. The predicted molar refractivity (Wildman–Crippen MR) is 125 cm³/mol. The van der Waals surface area contributed by atoms with Crippen LogP contribution in [0.25, 0.3) is 0 Å². The van der Waals surface area contributed by atoms with Gasteiger partial charge in [0.25, 0.3) is 5.91 Å². The molecule has 0 fully saturated rings. The van der Waals surface area contributed by atoms with E-state index in [2.05, 4.69) is 13.8 Å². The third kappa shape index (κ3) is 6.42. The van der Waals surface area contributed by atoms with Crippen LogP contribution in [0, 0.1) is 0 Å². The first-order chi connectivity index (χ1) is 15.5. The number of Topliss-reactive ketones (excluding diaryl/α,β-unsaturated/α-hetero) is 2. The number of hydrogen-bond acceptors (Lipinski definition) is 5. The molecule has 6 nitrogen and oxygen atoms in total. The molecule has 0 saturated heterocycles. The summed E-state index contributed by atoms with van der Waals surface area (Å²) in [5.41, 5.74) is 0.987. The van der Waals surface area contributed by atoms with Crippen LogP contribution in [-0.2, 0) is 0 Å². The molecule has 32 heavy (non-hydrogen) atoms. The van der Waals surface area contributed by atoms with Gasteiger partial charge in [0.1, 0.15) is 0 Å². The summed E-state index contributed by atoms with van der Waals surface area (Å²) in [6, 6.07) is 11.5. The van der Waals surface area contributed by atoms with Crippen molar-refractivity contribution >= 4 is 17.5 Å². The Labute approximate surface area is 190 Å². The minimum absolute atomic E-state index is 0.158. The molecule has 1 amide bonds. The number of benzene rings is 2. The second-order valence-electron chi connectivity index (χ2n) is 7.64. The Morgan fingerprint density at radius 2 is 1.38 bits per heavy atom. The molecule has 0 bridgehead atoms. The second-order valence-corrected chi connectivity index (χ2v) is 7.64. The molecule has 0 saturated carbocycles. The van der Waals surface area contributed by atoms with Crippen LogP contribution >= 0.6 is 0 Å². The van der Waals surface area contributed by atoms with Gasteiger partial charge in [-0.3, -0.25) is 14.4 Å². The van der Waals surface area contributed by atoms with E-state index < -0.39 is 0 Å². The maximum absolute atomic E-state index is 13.3. The van der Waals surface area contributed by atoms with Crippen molar-refractivity contribution in [2.75, 3.05) is 27.3 Å². The van der Waals surface area contributed by atoms with Crippen LogP contribution in [0.1, 0.15) is 77.0 Å². The van der Waals surface area contributed by atoms with Gasteiger partial charge in [0, 0.05) is 24.2 Å². The van der Waals surface area contributed by atoms with Crippen molar-refractivity contribution in [1.29, 1.82) is 0 Å². The Balaban J connectivity index is 2.24. The minimum atomic E-state index is -0.375. The lowest BCUT2D eigenvalue weighted by atomic mass is 9.96. The number of carbonyl (C=O) groups is 3. The third-order valence-corrected chi connectivity index (χ3v) is 5.33. The van der Waals surface area contributed by atoms with E-state index in [-0.39, 0.29) is 29.5 Å². The van der Waals surface area contributed by atoms with Crippen molar-refractivity contribution in [3.8, 4) is 11.5 Å². The van der Waals surface area contributed by atoms with Gasteiger partial charge in [-0.2, -0.15) is 0 Å². The van der Waals surface area contributed by atoms with Crippen molar-refractivity contribution in [3.05, 3.63) is 59.2 Å². The number of ether oxygens (including phenoxy) is 2. The average molecular weight is 440 g/mol. The number of nitrogens with zero attached hydrogens (tertiary/aromatic N) is 1. The molecule has 0 N–H and O–H groups in total. The van der Waals surface area contributed by atoms with E-state index in [1.165, 1.54) is 14.2 Å². The fourth-order valence-electron chi connectivity index (χ4n) is 3.45. The number of hydrogen-bond donors (Lipinski definition) is 0. The molecule has 0 spiro atoms. The summed E-state index contributed by atoms with van der Waals surface area (Å²) in [7, 11) is 3.00. The topological polar surface area (TPSA) is 72.9 Å². The highest BCUT2D eigenvalue weighted by molar-refractivity contribution is 6.17. The van der Waals surface area contributed by atoms with E-state index in [9.17, 15) is 14.4 Å². The van der Waals surface area contributed by atoms with Gasteiger partial charge in [-0.1, -0.05) is 44.9 Å². The quantitative estimate of drug-likeness (QED) is 0.317. The molecule has 2 rings (SSSR count). The molecule has 0 unspecified atom stereocenters. The highest BCUT2D eigenvalue weighted by Crippen LogP contribution is 2.28. The van der Waals surface area contributed by atoms with Gasteiger partial charge in [-0.25, -0.2) is 0 Å². The Morgan fingerprint density at radius 3 is 1.94 bits per heavy atom. The van der Waals surface area contributed by atoms with Gasteiger partial charge in [-0.05, 0) is 37.1 Å². The summed E-state index contributed by atoms with van der Waals surface area (Å²) in [5.74, 6) is 0.0514. The zero-order valence-electron chi connectivity index (χ0n) is 19.5. The zero-order valence-corrected chi connectivity index (χ0v) is 19.5. The summed E-state index contributed by atoms with van der Waals surface area (Å²) in [6.45, 7) is 5.48. The molecule has 172 valence electrons. The van der Waals surface area contributed by atoms with Gasteiger partial charge in [0.2, 0.25) is 0 Å². The van der Waals surface area contributed by atoms with Crippen molar-refractivity contribution in [1.82, 2.24) is 4.90 Å². The van der Waals surface area contributed by atoms with Crippen LogP contribution in [-0.4, -0.2) is 49.7 Å². The lowest BCUT2D eigenvalue weighted by molar-refractivity contribution is 0.0743. The van der Waals surface area contributed by atoms with Crippen molar-refractivity contribution in [2.24, 2.45) is 0 Å². The van der Waals surface area contributed by atoms with E-state index in [0.717, 1.165) is 25.7 Å². The molecule has 0 aliphatic carbocycles. The van der Waals surface area contributed by atoms with Crippen LogP contribution in [0.15, 0.2) is 42.5 Å². The number of rotatable bonds is 13. The van der Waals surface area contributed by atoms with Gasteiger partial charge < -0.3 is 14.4 Å². The standard InChI is InChI=1S/C26H33NO5/c1-5-7-15-27(16-8-6-2)26(30)21-12-10-9-11-20(21)23(29)18-22(28)19-13-14-24(31-3)25(17-19)32-4/h9-14,17H,5-8,15-16,18H2,1-4H3. The largest absolute Gasteiger partial charge is 0.493 e. The average Bonchev–Trinajstić information content (AvgIpc) is 2.83. The highest BCUT2D eigenvalue weighted by atomic mass is 16.5. The number of amides is 1. The fourth-order valence-corrected chi connectivity index (χ4v) is 3.45. The summed E-state index contributed by atoms with van der Waals surface area (Å²) in [6.07, 6.45) is 3.45. The van der Waals surface area contributed by atoms with Crippen molar-refractivity contribution < 1.29 is 23.9 Å². The lowest BCUT2D eigenvalue weighted by Crippen LogP contribution is -2.34. The van der Waals surface area contributed by atoms with Crippen LogP contribution in [0.2, 0.25) is 0 Å². The maximum Gasteiger partial charge on any atom is 0.254 e. The van der Waals surface area contributed by atoms with Gasteiger partial charge >= 0.3 is 0 Å². The zero-order chi connectivity index (χ0) is 23.5. The number of ketones is 2. The summed E-state index contributed by atoms with van der Waals surface area (Å²) in [4.78, 5) is 40.9. The molecule has 2 aromatic rings. The van der Waals surface area contributed by atoms with Crippen molar-refractivity contribution in [3.63, 3.8) is 0 Å². The van der Waals surface area contributed by atoms with Crippen LogP contribution in [0.4, 0.5) is 0 Å². The summed E-state index contributed by atoms with van der Waals surface area (Å²) in [5, 5.41) is 0. The van der Waals surface area contributed by atoms with Crippen molar-refractivity contribution in [2.45, 2.75) is 46.0 Å². The summed E-state index contributed by atoms with van der Waals surface area (Å²) >= 11 is 0. The monoisotopic (exact) mass is 439 g/mol. The fraction of sp³-hybridized carbons (Fsp3) is 0.423. The Hall–Kier alpha value is -3.15. The molecule has 0 radical (unpaired) electrons. The molecule has 0 heterocycles. The lowest BCUT2D eigenvalue weighted by Gasteiger charge is -2.23. The molecule has 2 aromatic carbocycles. The van der Waals surface area contributed by atoms with E-state index in [1.807, 2.05) is 4.90 Å². The smallest absolute Gasteiger partial charge is 0.254 e. The Morgan fingerprint density at radius 1 is 0.781 bits per heavy atom. The molecule has 0 aromatic heterocycles. The third-order valence-electron chi connectivity index (χ3n) is 5.33. The molecule has 0 aliphatic heterocycles. The predicted octanol–water partition coefficient (Wildman–Crippen LogP) is 5.20. The number of carbonyl (C=O) groups excluding carboxylic acids is 3. The number of methoxy groups -OCH3 is 2. The van der Waals surface area contributed by atoms with E-state index in [0.29, 0.717) is 35.7 Å². The first-order valence-corrected chi connectivity index (χ1v) is 11.1. The Kier molecular flexibility index (Phi) is 9.92. The van der Waals surface area contributed by atoms with E-state index >= 15 is 0 Å². The van der Waals surface area contributed by atoms with Crippen LogP contribution in [0.3, 0.4) is 0 Å².